The van der Waals surface area contributed by atoms with Gasteiger partial charge in [0.05, 0.1) is 18.4 Å². The number of rotatable bonds is 6. The summed E-state index contributed by atoms with van der Waals surface area (Å²) in [5.74, 6) is 0.414. The fourth-order valence-electron chi connectivity index (χ4n) is 2.40. The number of allylic oxidation sites excluding steroid dienone is 1. The average molecular weight is 435 g/mol. The number of hydrogen-bond donors (Lipinski definition) is 5. The molecule has 0 saturated carbocycles. The summed E-state index contributed by atoms with van der Waals surface area (Å²) >= 11 is 5.19. The van der Waals surface area contributed by atoms with Crippen molar-refractivity contribution in [3.63, 3.8) is 0 Å². The SMILES string of the molecule is COc1ccc(NC(=S)NNC(=O)c2ccccc2NC=C(C#N)c2nn[nH]n2)cc1. The van der Waals surface area contributed by atoms with Crippen LogP contribution < -0.4 is 26.2 Å². The van der Waals surface area contributed by atoms with E-state index in [1.807, 2.05) is 6.07 Å². The Morgan fingerprint density at radius 2 is 1.97 bits per heavy atom. The van der Waals surface area contributed by atoms with E-state index in [4.69, 9.17) is 17.0 Å². The summed E-state index contributed by atoms with van der Waals surface area (Å²) in [7, 11) is 1.58. The highest BCUT2D eigenvalue weighted by Crippen LogP contribution is 2.17. The zero-order chi connectivity index (χ0) is 22.1. The van der Waals surface area contributed by atoms with Crippen LogP contribution in [0.1, 0.15) is 16.2 Å². The molecule has 0 atom stereocenters. The number of nitrogens with one attached hydrogen (secondary N) is 5. The first-order valence-electron chi connectivity index (χ1n) is 8.81. The third-order valence-corrected chi connectivity index (χ3v) is 4.09. The number of nitriles is 1. The van der Waals surface area contributed by atoms with E-state index in [1.54, 1.807) is 55.6 Å². The molecule has 0 bridgehead atoms. The quantitative estimate of drug-likeness (QED) is 0.220. The molecule has 1 amide bonds. The van der Waals surface area contributed by atoms with Gasteiger partial charge < -0.3 is 15.4 Å². The van der Waals surface area contributed by atoms with E-state index in [1.165, 1.54) is 6.20 Å². The highest BCUT2D eigenvalue weighted by molar-refractivity contribution is 7.80. The van der Waals surface area contributed by atoms with E-state index >= 15 is 0 Å². The molecule has 1 heterocycles. The van der Waals surface area contributed by atoms with Crippen LogP contribution in [0.15, 0.2) is 54.7 Å². The van der Waals surface area contributed by atoms with Crippen molar-refractivity contribution in [1.82, 2.24) is 31.5 Å². The van der Waals surface area contributed by atoms with Crippen LogP contribution in [-0.4, -0.2) is 38.8 Å². The largest absolute Gasteiger partial charge is 0.497 e. The molecule has 0 saturated heterocycles. The molecule has 0 spiro atoms. The number of hydrazine groups is 1. The molecule has 12 heteroatoms. The van der Waals surface area contributed by atoms with Gasteiger partial charge in [0, 0.05) is 11.9 Å². The van der Waals surface area contributed by atoms with E-state index in [9.17, 15) is 10.1 Å². The average Bonchev–Trinajstić information content (AvgIpc) is 3.33. The second-order valence-electron chi connectivity index (χ2n) is 5.86. The minimum Gasteiger partial charge on any atom is -0.497 e. The van der Waals surface area contributed by atoms with Crippen molar-refractivity contribution >= 4 is 40.2 Å². The van der Waals surface area contributed by atoms with Gasteiger partial charge in [0.25, 0.3) is 5.91 Å². The second kappa shape index (κ2) is 10.3. The van der Waals surface area contributed by atoms with Crippen molar-refractivity contribution in [2.75, 3.05) is 17.7 Å². The molecule has 5 N–H and O–H groups in total. The van der Waals surface area contributed by atoms with Crippen LogP contribution in [0.2, 0.25) is 0 Å². The van der Waals surface area contributed by atoms with Gasteiger partial charge in [0.15, 0.2) is 5.11 Å². The van der Waals surface area contributed by atoms with Gasteiger partial charge in [-0.25, -0.2) is 0 Å². The van der Waals surface area contributed by atoms with Crippen LogP contribution in [0.4, 0.5) is 11.4 Å². The summed E-state index contributed by atoms with van der Waals surface area (Å²) in [6, 6.07) is 15.9. The summed E-state index contributed by atoms with van der Waals surface area (Å²) in [6.07, 6.45) is 1.39. The summed E-state index contributed by atoms with van der Waals surface area (Å²) in [6.45, 7) is 0. The molecule has 3 rings (SSSR count). The molecule has 0 aliphatic rings. The van der Waals surface area contributed by atoms with Crippen LogP contribution >= 0.6 is 12.2 Å². The number of amides is 1. The van der Waals surface area contributed by atoms with Gasteiger partial charge in [-0.15, -0.1) is 10.2 Å². The van der Waals surface area contributed by atoms with Gasteiger partial charge in [0.1, 0.15) is 17.4 Å². The lowest BCUT2D eigenvalue weighted by Crippen LogP contribution is -2.43. The Balaban J connectivity index is 1.61. The van der Waals surface area contributed by atoms with Crippen LogP contribution in [0.5, 0.6) is 5.75 Å². The molecule has 1 aromatic heterocycles. The summed E-state index contributed by atoms with van der Waals surface area (Å²) < 4.78 is 5.10. The highest BCUT2D eigenvalue weighted by atomic mass is 32.1. The van der Waals surface area contributed by atoms with E-state index in [0.29, 0.717) is 11.3 Å². The van der Waals surface area contributed by atoms with Gasteiger partial charge in [-0.05, 0) is 53.8 Å². The maximum Gasteiger partial charge on any atom is 0.271 e. The lowest BCUT2D eigenvalue weighted by molar-refractivity contribution is 0.0945. The third kappa shape index (κ3) is 5.75. The Bertz CT molecular complexity index is 1120. The van der Waals surface area contributed by atoms with Crippen LogP contribution in [0.3, 0.4) is 0 Å². The first-order valence-corrected chi connectivity index (χ1v) is 9.22. The number of anilines is 2. The van der Waals surface area contributed by atoms with Crippen molar-refractivity contribution in [3.8, 4) is 11.8 Å². The molecule has 0 radical (unpaired) electrons. The smallest absolute Gasteiger partial charge is 0.271 e. The number of benzene rings is 2. The Hall–Kier alpha value is -4.50. The van der Waals surface area contributed by atoms with E-state index < -0.39 is 5.91 Å². The van der Waals surface area contributed by atoms with Crippen molar-refractivity contribution < 1.29 is 9.53 Å². The predicted molar refractivity (Wildman–Crippen MR) is 118 cm³/mol. The van der Waals surface area contributed by atoms with E-state index in [2.05, 4.69) is 42.1 Å². The molecule has 11 nitrogen and oxygen atoms in total. The van der Waals surface area contributed by atoms with Crippen molar-refractivity contribution in [3.05, 3.63) is 66.1 Å². The van der Waals surface area contributed by atoms with Gasteiger partial charge in [0.2, 0.25) is 5.82 Å². The van der Waals surface area contributed by atoms with Gasteiger partial charge in [-0.3, -0.25) is 15.6 Å². The molecular weight excluding hydrogens is 418 g/mol. The number of carbonyl (C=O) groups excluding carboxylic acids is 1. The molecule has 31 heavy (non-hydrogen) atoms. The number of ether oxygens (including phenoxy) is 1. The number of carbonyl (C=O) groups is 1. The third-order valence-electron chi connectivity index (χ3n) is 3.89. The van der Waals surface area contributed by atoms with Gasteiger partial charge in [-0.2, -0.15) is 10.5 Å². The van der Waals surface area contributed by atoms with Crippen LogP contribution in [0.25, 0.3) is 5.57 Å². The molecule has 0 unspecified atom stereocenters. The summed E-state index contributed by atoms with van der Waals surface area (Å²) in [5, 5.41) is 28.5. The molecule has 0 aliphatic carbocycles. The number of aromatic nitrogens is 4. The van der Waals surface area contributed by atoms with E-state index in [-0.39, 0.29) is 16.5 Å². The second-order valence-corrected chi connectivity index (χ2v) is 6.27. The molecular formula is C19H17N9O2S. The summed E-state index contributed by atoms with van der Waals surface area (Å²) in [5.41, 5.74) is 6.83. The lowest BCUT2D eigenvalue weighted by Gasteiger charge is -2.13. The first-order chi connectivity index (χ1) is 15.1. The standard InChI is InChI=1S/C19H17N9O2S/c1-30-14-8-6-13(7-9-14)22-19(31)26-25-18(29)15-4-2-3-5-16(15)21-11-12(10-20)17-23-27-28-24-17/h2-9,11,21H,1H3,(H,25,29)(H2,22,26,31)(H,23,24,27,28). The Kier molecular flexibility index (Phi) is 7.07. The van der Waals surface area contributed by atoms with Gasteiger partial charge in [-0.1, -0.05) is 12.1 Å². The predicted octanol–water partition coefficient (Wildman–Crippen LogP) is 1.82. The number of nitrogens with zero attached hydrogens (tertiary/aromatic N) is 4. The number of H-pyrrole nitrogens is 1. The monoisotopic (exact) mass is 435 g/mol. The Morgan fingerprint density at radius 1 is 1.19 bits per heavy atom. The number of para-hydroxylation sites is 1. The lowest BCUT2D eigenvalue weighted by atomic mass is 10.1. The molecule has 156 valence electrons. The molecule has 2 aromatic carbocycles. The van der Waals surface area contributed by atoms with Crippen molar-refractivity contribution in [2.45, 2.75) is 0 Å². The Morgan fingerprint density at radius 3 is 2.65 bits per heavy atom. The maximum absolute atomic E-state index is 12.6. The maximum atomic E-state index is 12.6. The molecule has 3 aromatic rings. The minimum atomic E-state index is -0.437. The highest BCUT2D eigenvalue weighted by Gasteiger charge is 2.12. The number of aromatic amines is 1. The normalized spacial score (nSPS) is 10.5. The fraction of sp³-hybridized carbons (Fsp3) is 0.0526. The molecule has 0 fully saturated rings. The van der Waals surface area contributed by atoms with Crippen molar-refractivity contribution in [1.29, 1.82) is 5.26 Å². The van der Waals surface area contributed by atoms with Crippen LogP contribution in [0, 0.1) is 11.3 Å². The van der Waals surface area contributed by atoms with E-state index in [0.717, 1.165) is 11.4 Å². The first kappa shape index (κ1) is 21.2. The zero-order valence-electron chi connectivity index (χ0n) is 16.2. The van der Waals surface area contributed by atoms with Crippen molar-refractivity contribution in [2.24, 2.45) is 0 Å². The number of tetrazole rings is 1. The minimum absolute atomic E-state index is 0.133. The van der Waals surface area contributed by atoms with Gasteiger partial charge >= 0.3 is 0 Å². The zero-order valence-corrected chi connectivity index (χ0v) is 17.0. The number of thiocarbonyl (C=S) groups is 1. The van der Waals surface area contributed by atoms with Crippen LogP contribution in [-0.2, 0) is 0 Å². The fourth-order valence-corrected chi connectivity index (χ4v) is 2.57. The Labute approximate surface area is 182 Å². The topological polar surface area (TPSA) is 153 Å². The number of methoxy groups -OCH3 is 1. The summed E-state index contributed by atoms with van der Waals surface area (Å²) in [4.78, 5) is 12.6. The number of hydrogen-bond acceptors (Lipinski definition) is 8. The molecule has 0 aliphatic heterocycles.